The lowest BCUT2D eigenvalue weighted by atomic mass is 9.89. The van der Waals surface area contributed by atoms with Crippen LogP contribution in [0.25, 0.3) is 11.3 Å². The molecule has 2 aromatic carbocycles. The van der Waals surface area contributed by atoms with Crippen molar-refractivity contribution in [1.82, 2.24) is 15.1 Å². The molecule has 6 rings (SSSR count). The molecule has 0 bridgehead atoms. The van der Waals surface area contributed by atoms with Crippen molar-refractivity contribution in [3.8, 4) is 22.8 Å². The second-order valence-electron chi connectivity index (χ2n) is 10.9. The quantitative estimate of drug-likeness (QED) is 0.402. The molecule has 0 unspecified atom stereocenters. The van der Waals surface area contributed by atoms with Gasteiger partial charge in [0.1, 0.15) is 28.6 Å². The van der Waals surface area contributed by atoms with E-state index in [2.05, 4.69) is 10.6 Å². The van der Waals surface area contributed by atoms with Crippen molar-refractivity contribution in [2.75, 3.05) is 23.9 Å². The molecule has 2 aliphatic carbocycles. The van der Waals surface area contributed by atoms with Gasteiger partial charge in [-0.2, -0.15) is 18.3 Å². The van der Waals surface area contributed by atoms with E-state index in [9.17, 15) is 31.2 Å². The second-order valence-corrected chi connectivity index (χ2v) is 13.1. The van der Waals surface area contributed by atoms with E-state index in [-0.39, 0.29) is 35.5 Å². The summed E-state index contributed by atoms with van der Waals surface area (Å²) in [5, 5.41) is 10.3. The fourth-order valence-corrected chi connectivity index (χ4v) is 6.01. The number of nitrogens with one attached hydrogen (secondary N) is 2. The number of alkyl halides is 3. The van der Waals surface area contributed by atoms with E-state index in [1.807, 2.05) is 0 Å². The maximum absolute atomic E-state index is 13.6. The largest absolute Gasteiger partial charge is 0.490 e. The summed E-state index contributed by atoms with van der Waals surface area (Å²) in [5.41, 5.74) is 1.61. The first kappa shape index (κ1) is 28.1. The van der Waals surface area contributed by atoms with Crippen LogP contribution in [0.5, 0.6) is 11.5 Å². The van der Waals surface area contributed by atoms with Crippen LogP contribution >= 0.6 is 0 Å². The molecule has 3 aliphatic rings. The first-order valence-electron chi connectivity index (χ1n) is 13.3. The molecule has 2 heterocycles. The van der Waals surface area contributed by atoms with Crippen molar-refractivity contribution in [2.24, 2.45) is 0 Å². The molecular formula is C28H27F3N4O6S. The number of aromatic nitrogens is 2. The lowest BCUT2D eigenvalue weighted by Gasteiger charge is -2.36. The number of sulfone groups is 1. The summed E-state index contributed by atoms with van der Waals surface area (Å²) in [4.78, 5) is 26.3. The zero-order chi connectivity index (χ0) is 29.9. The van der Waals surface area contributed by atoms with Gasteiger partial charge in [-0.1, -0.05) is 6.07 Å². The van der Waals surface area contributed by atoms with E-state index < -0.39 is 45.7 Å². The maximum atomic E-state index is 13.6. The first-order valence-corrected chi connectivity index (χ1v) is 15.4. The third-order valence-corrected chi connectivity index (χ3v) is 8.16. The van der Waals surface area contributed by atoms with Gasteiger partial charge in [0, 0.05) is 11.8 Å². The van der Waals surface area contributed by atoms with Gasteiger partial charge in [-0.05, 0) is 73.2 Å². The van der Waals surface area contributed by atoms with E-state index in [4.69, 9.17) is 14.6 Å². The zero-order valence-electron chi connectivity index (χ0n) is 22.5. The number of aryl methyl sites for hydroxylation is 1. The Morgan fingerprint density at radius 1 is 1.17 bits per heavy atom. The Morgan fingerprint density at radius 2 is 1.88 bits per heavy atom. The number of amides is 2. The highest BCUT2D eigenvalue weighted by Crippen LogP contribution is 2.44. The normalized spacial score (nSPS) is 19.7. The van der Waals surface area contributed by atoms with Crippen LogP contribution in [0.2, 0.25) is 0 Å². The third-order valence-electron chi connectivity index (χ3n) is 7.37. The molecule has 1 fully saturated rings. The summed E-state index contributed by atoms with van der Waals surface area (Å²) in [6.45, 7) is -1.23. The van der Waals surface area contributed by atoms with Crippen LogP contribution in [0.3, 0.4) is 0 Å². The Bertz CT molecular complexity index is 1680. The second kappa shape index (κ2) is 10.0. The highest BCUT2D eigenvalue weighted by Gasteiger charge is 2.46. The average Bonchev–Trinajstić information content (AvgIpc) is 3.55. The fraction of sp³-hybridized carbons (Fsp3) is 0.393. The Kier molecular flexibility index (Phi) is 6.71. The fourth-order valence-electron chi connectivity index (χ4n) is 5.46. The van der Waals surface area contributed by atoms with E-state index in [0.29, 0.717) is 24.2 Å². The average molecular weight is 605 g/mol. The summed E-state index contributed by atoms with van der Waals surface area (Å²) in [5.74, 6) is -1.37. The van der Waals surface area contributed by atoms with Gasteiger partial charge in [0.05, 0.1) is 18.2 Å². The van der Waals surface area contributed by atoms with Crippen molar-refractivity contribution >= 4 is 27.3 Å². The number of rotatable bonds is 8. The third kappa shape index (κ3) is 5.80. The molecule has 1 saturated carbocycles. The summed E-state index contributed by atoms with van der Waals surface area (Å²) >= 11 is 0. The lowest BCUT2D eigenvalue weighted by molar-refractivity contribution is -0.153. The van der Waals surface area contributed by atoms with Gasteiger partial charge in [-0.25, -0.2) is 8.42 Å². The monoisotopic (exact) mass is 604 g/mol. The van der Waals surface area contributed by atoms with Gasteiger partial charge in [0.15, 0.2) is 22.1 Å². The number of halogens is 3. The van der Waals surface area contributed by atoms with Crippen LogP contribution in [0.1, 0.15) is 40.9 Å². The molecule has 10 nitrogen and oxygen atoms in total. The topological polar surface area (TPSA) is 129 Å². The predicted octanol–water partition coefficient (Wildman–Crippen LogP) is 3.60. The zero-order valence-corrected chi connectivity index (χ0v) is 23.3. The molecule has 3 aromatic rings. The summed E-state index contributed by atoms with van der Waals surface area (Å²) in [6, 6.07) is 11.7. The highest BCUT2D eigenvalue weighted by molar-refractivity contribution is 7.91. The SMILES string of the molecule is CS(=O)(=O)CC(=O)Nc1c(-c2ccc(OC3CC3)cc2)nn2c1C(=O)N[C@]1(CCc3cc(OCC(F)(F)F)ccc31)C2. The highest BCUT2D eigenvalue weighted by atomic mass is 32.2. The number of anilines is 1. The molecular weight excluding hydrogens is 577 g/mol. The molecule has 2 N–H and O–H groups in total. The number of ether oxygens (including phenoxy) is 2. The Morgan fingerprint density at radius 3 is 2.55 bits per heavy atom. The minimum Gasteiger partial charge on any atom is -0.490 e. The van der Waals surface area contributed by atoms with Gasteiger partial charge >= 0.3 is 6.18 Å². The number of benzene rings is 2. The first-order chi connectivity index (χ1) is 19.8. The lowest BCUT2D eigenvalue weighted by Crippen LogP contribution is -2.52. The van der Waals surface area contributed by atoms with Crippen LogP contribution in [-0.2, 0) is 33.1 Å². The number of nitrogens with zero attached hydrogens (tertiary/aromatic N) is 2. The summed E-state index contributed by atoms with van der Waals surface area (Å²) in [7, 11) is -3.65. The van der Waals surface area contributed by atoms with Gasteiger partial charge in [0.2, 0.25) is 5.91 Å². The van der Waals surface area contributed by atoms with Crippen LogP contribution in [0.4, 0.5) is 18.9 Å². The molecule has 1 aliphatic heterocycles. The maximum Gasteiger partial charge on any atom is 0.422 e. The van der Waals surface area contributed by atoms with Crippen molar-refractivity contribution in [2.45, 2.75) is 50.0 Å². The van der Waals surface area contributed by atoms with Crippen LogP contribution in [0.15, 0.2) is 42.5 Å². The number of hydrogen-bond acceptors (Lipinski definition) is 7. The van der Waals surface area contributed by atoms with Crippen LogP contribution in [0, 0.1) is 0 Å². The molecule has 1 spiro atoms. The predicted molar refractivity (Wildman–Crippen MR) is 145 cm³/mol. The molecule has 0 saturated heterocycles. The Labute approximate surface area is 239 Å². The number of fused-ring (bicyclic) bond motifs is 3. The van der Waals surface area contributed by atoms with Gasteiger partial charge in [0.25, 0.3) is 5.91 Å². The van der Waals surface area contributed by atoms with Crippen molar-refractivity contribution < 1.29 is 40.7 Å². The molecule has 42 heavy (non-hydrogen) atoms. The van der Waals surface area contributed by atoms with E-state index >= 15 is 0 Å². The van der Waals surface area contributed by atoms with E-state index in [1.165, 1.54) is 10.7 Å². The number of carbonyl (C=O) groups excluding carboxylic acids is 2. The Balaban J connectivity index is 1.34. The van der Waals surface area contributed by atoms with Gasteiger partial charge in [-0.15, -0.1) is 0 Å². The van der Waals surface area contributed by atoms with Crippen molar-refractivity contribution in [3.63, 3.8) is 0 Å². The van der Waals surface area contributed by atoms with Crippen molar-refractivity contribution in [3.05, 3.63) is 59.3 Å². The van der Waals surface area contributed by atoms with Crippen LogP contribution < -0.4 is 20.1 Å². The molecule has 2 amide bonds. The number of carbonyl (C=O) groups is 2. The van der Waals surface area contributed by atoms with Gasteiger partial charge < -0.3 is 20.1 Å². The van der Waals surface area contributed by atoms with Crippen molar-refractivity contribution in [1.29, 1.82) is 0 Å². The van der Waals surface area contributed by atoms with Gasteiger partial charge in [-0.3, -0.25) is 14.3 Å². The molecule has 222 valence electrons. The minimum atomic E-state index is -4.47. The summed E-state index contributed by atoms with van der Waals surface area (Å²) < 4.78 is 73.6. The molecule has 14 heteroatoms. The standard InChI is InChI=1S/C28H27F3N4O6S/c1-42(38,39)13-22(36)32-24-23(16-2-4-18(5-3-16)41-19-6-7-19)34-35-14-27(33-26(37)25(24)35)11-10-17-12-20(8-9-21(17)27)40-15-28(29,30)31/h2-5,8-9,12,19H,6-7,10-11,13-15H2,1H3,(H,32,36)(H,33,37)/t27-/m1/s1. The molecule has 1 aromatic heterocycles. The minimum absolute atomic E-state index is 0.0642. The van der Waals surface area contributed by atoms with Crippen LogP contribution in [-0.4, -0.2) is 60.9 Å². The molecule has 1 atom stereocenters. The number of hydrogen-bond donors (Lipinski definition) is 2. The van der Waals surface area contributed by atoms with E-state index in [1.54, 1.807) is 36.4 Å². The Hall–Kier alpha value is -4.07. The summed E-state index contributed by atoms with van der Waals surface area (Å²) in [6.07, 6.45) is -0.389. The molecule has 0 radical (unpaired) electrons. The van der Waals surface area contributed by atoms with E-state index in [0.717, 1.165) is 30.2 Å². The smallest absolute Gasteiger partial charge is 0.422 e.